The molecule has 1 aromatic rings. The average Bonchev–Trinajstić information content (AvgIpc) is 2.27. The van der Waals surface area contributed by atoms with Gasteiger partial charge in [-0.2, -0.15) is 0 Å². The Morgan fingerprint density at radius 3 is 2.58 bits per heavy atom. The molecule has 0 aliphatic rings. The van der Waals surface area contributed by atoms with Gasteiger partial charge in [-0.25, -0.2) is 17.6 Å². The largest absolute Gasteiger partial charge is 0.478 e. The summed E-state index contributed by atoms with van der Waals surface area (Å²) in [6.07, 6.45) is 1.18. The molecular formula is C11H13FO5S2. The molecule has 0 aliphatic heterocycles. The first-order valence-electron chi connectivity index (χ1n) is 5.29. The third-order valence-electron chi connectivity index (χ3n) is 2.27. The fraction of sp³-hybridized carbons (Fsp3) is 0.364. The van der Waals surface area contributed by atoms with Gasteiger partial charge in [0.25, 0.3) is 0 Å². The van der Waals surface area contributed by atoms with Crippen molar-refractivity contribution in [3.63, 3.8) is 0 Å². The van der Waals surface area contributed by atoms with Gasteiger partial charge >= 0.3 is 5.97 Å². The molecule has 0 radical (unpaired) electrons. The number of carboxylic acids is 1. The normalized spacial score (nSPS) is 13.2. The zero-order valence-corrected chi connectivity index (χ0v) is 11.8. The van der Waals surface area contributed by atoms with Crippen LogP contribution in [0.5, 0.6) is 0 Å². The molecule has 0 aromatic heterocycles. The summed E-state index contributed by atoms with van der Waals surface area (Å²) < 4.78 is 47.1. The third-order valence-corrected chi connectivity index (χ3v) is 4.76. The SMILES string of the molecule is CS(=O)(=O)CCCS(=O)c1cc(C(=O)O)ccc1F. The second-order valence-electron chi connectivity index (χ2n) is 3.98. The van der Waals surface area contributed by atoms with Crippen LogP contribution in [0.1, 0.15) is 16.8 Å². The van der Waals surface area contributed by atoms with Crippen molar-refractivity contribution in [2.45, 2.75) is 11.3 Å². The van der Waals surface area contributed by atoms with Gasteiger partial charge in [0.05, 0.1) is 27.0 Å². The highest BCUT2D eigenvalue weighted by molar-refractivity contribution is 7.90. The maximum atomic E-state index is 13.4. The maximum Gasteiger partial charge on any atom is 0.335 e. The van der Waals surface area contributed by atoms with Gasteiger partial charge in [-0.3, -0.25) is 4.21 Å². The van der Waals surface area contributed by atoms with E-state index < -0.39 is 32.4 Å². The second-order valence-corrected chi connectivity index (χ2v) is 7.78. The molecule has 0 spiro atoms. The van der Waals surface area contributed by atoms with E-state index in [0.717, 1.165) is 24.5 Å². The van der Waals surface area contributed by atoms with Crippen LogP contribution in [0.25, 0.3) is 0 Å². The predicted octanol–water partition coefficient (Wildman–Crippen LogP) is 1.07. The minimum Gasteiger partial charge on any atom is -0.478 e. The number of carboxylic acid groups (broad SMARTS) is 1. The molecule has 1 N–H and O–H groups in total. The minimum atomic E-state index is -3.16. The first-order valence-corrected chi connectivity index (χ1v) is 8.67. The van der Waals surface area contributed by atoms with E-state index in [-0.39, 0.29) is 28.4 Å². The molecule has 5 nitrogen and oxygen atoms in total. The van der Waals surface area contributed by atoms with E-state index in [1.807, 2.05) is 0 Å². The Kier molecular flexibility index (Phi) is 5.19. The van der Waals surface area contributed by atoms with Crippen LogP contribution in [0.4, 0.5) is 4.39 Å². The van der Waals surface area contributed by atoms with Gasteiger partial charge < -0.3 is 5.11 Å². The molecule has 1 unspecified atom stereocenters. The number of carbonyl (C=O) groups is 1. The molecule has 1 atom stereocenters. The van der Waals surface area contributed by atoms with Crippen LogP contribution in [0.15, 0.2) is 23.1 Å². The number of rotatable bonds is 6. The maximum absolute atomic E-state index is 13.4. The molecule has 1 rings (SSSR count). The summed E-state index contributed by atoms with van der Waals surface area (Å²) in [7, 11) is -4.92. The molecule has 0 fully saturated rings. The van der Waals surface area contributed by atoms with E-state index in [1.165, 1.54) is 0 Å². The molecule has 0 heterocycles. The van der Waals surface area contributed by atoms with Gasteiger partial charge in [0.15, 0.2) is 0 Å². The van der Waals surface area contributed by atoms with Crippen molar-refractivity contribution in [2.75, 3.05) is 17.8 Å². The fourth-order valence-electron chi connectivity index (χ4n) is 1.37. The summed E-state index contributed by atoms with van der Waals surface area (Å²) in [5.41, 5.74) is -0.159. The molecule has 106 valence electrons. The first-order chi connectivity index (χ1) is 8.70. The van der Waals surface area contributed by atoms with E-state index >= 15 is 0 Å². The van der Waals surface area contributed by atoms with Crippen LogP contribution in [0.3, 0.4) is 0 Å². The number of sulfone groups is 1. The highest BCUT2D eigenvalue weighted by Crippen LogP contribution is 2.16. The van der Waals surface area contributed by atoms with Crippen LogP contribution in [-0.4, -0.2) is 41.5 Å². The molecule has 1 aromatic carbocycles. The van der Waals surface area contributed by atoms with Crippen LogP contribution in [0.2, 0.25) is 0 Å². The predicted molar refractivity (Wildman–Crippen MR) is 69.0 cm³/mol. The molecular weight excluding hydrogens is 295 g/mol. The van der Waals surface area contributed by atoms with E-state index in [2.05, 4.69) is 0 Å². The Bertz CT molecular complexity index is 610. The Balaban J connectivity index is 2.82. The van der Waals surface area contributed by atoms with Crippen molar-refractivity contribution in [3.8, 4) is 0 Å². The molecule has 0 saturated heterocycles. The number of hydrogen-bond donors (Lipinski definition) is 1. The zero-order valence-electron chi connectivity index (χ0n) is 10.1. The average molecular weight is 308 g/mol. The number of hydrogen-bond acceptors (Lipinski definition) is 4. The molecule has 0 amide bonds. The van der Waals surface area contributed by atoms with E-state index in [0.29, 0.717) is 0 Å². The highest BCUT2D eigenvalue weighted by atomic mass is 32.2. The van der Waals surface area contributed by atoms with Crippen LogP contribution >= 0.6 is 0 Å². The highest BCUT2D eigenvalue weighted by Gasteiger charge is 2.14. The topological polar surface area (TPSA) is 88.5 Å². The van der Waals surface area contributed by atoms with Crippen molar-refractivity contribution in [1.29, 1.82) is 0 Å². The Labute approximate surface area is 112 Å². The fourth-order valence-corrected chi connectivity index (χ4v) is 3.39. The summed E-state index contributed by atoms with van der Waals surface area (Å²) in [6.45, 7) is 0. The summed E-state index contributed by atoms with van der Waals surface area (Å²) in [6, 6.07) is 3.02. The van der Waals surface area contributed by atoms with Gasteiger partial charge in [-0.05, 0) is 24.6 Å². The summed E-state index contributed by atoms with van der Waals surface area (Å²) >= 11 is 0. The van der Waals surface area contributed by atoms with Gasteiger partial charge in [0.1, 0.15) is 15.7 Å². The standard InChI is InChI=1S/C11H13FO5S2/c1-19(16,17)6-2-5-18(15)10-7-8(11(13)14)3-4-9(10)12/h3-4,7H,2,5-6H2,1H3,(H,13,14). The Morgan fingerprint density at radius 1 is 1.42 bits per heavy atom. The van der Waals surface area contributed by atoms with Crippen molar-refractivity contribution in [1.82, 2.24) is 0 Å². The number of halogens is 1. The molecule has 19 heavy (non-hydrogen) atoms. The van der Waals surface area contributed by atoms with Crippen LogP contribution < -0.4 is 0 Å². The monoisotopic (exact) mass is 308 g/mol. The number of aromatic carboxylic acids is 1. The van der Waals surface area contributed by atoms with Gasteiger partial charge in [0, 0.05) is 12.0 Å². The summed E-state index contributed by atoms with van der Waals surface area (Å²) in [4.78, 5) is 10.5. The zero-order chi connectivity index (χ0) is 14.6. The molecule has 8 heteroatoms. The van der Waals surface area contributed by atoms with Crippen LogP contribution in [0, 0.1) is 5.82 Å². The van der Waals surface area contributed by atoms with E-state index in [1.54, 1.807) is 0 Å². The summed E-state index contributed by atoms with van der Waals surface area (Å²) in [5, 5.41) is 8.76. The third kappa shape index (κ3) is 5.07. The second kappa shape index (κ2) is 6.25. The molecule has 0 aliphatic carbocycles. The van der Waals surface area contributed by atoms with Crippen molar-refractivity contribution >= 4 is 26.6 Å². The lowest BCUT2D eigenvalue weighted by atomic mass is 10.2. The lowest BCUT2D eigenvalue weighted by Crippen LogP contribution is -2.09. The van der Waals surface area contributed by atoms with Gasteiger partial charge in [-0.1, -0.05) is 0 Å². The van der Waals surface area contributed by atoms with Crippen molar-refractivity contribution in [3.05, 3.63) is 29.6 Å². The quantitative estimate of drug-likeness (QED) is 0.849. The van der Waals surface area contributed by atoms with Gasteiger partial charge in [0.2, 0.25) is 0 Å². The Morgan fingerprint density at radius 2 is 2.05 bits per heavy atom. The lowest BCUT2D eigenvalue weighted by Gasteiger charge is -2.05. The van der Waals surface area contributed by atoms with E-state index in [9.17, 15) is 21.8 Å². The van der Waals surface area contributed by atoms with E-state index in [4.69, 9.17) is 5.11 Å². The molecule has 0 saturated carbocycles. The summed E-state index contributed by atoms with van der Waals surface area (Å²) in [5.74, 6) is -2.18. The smallest absolute Gasteiger partial charge is 0.335 e. The lowest BCUT2D eigenvalue weighted by molar-refractivity contribution is 0.0696. The first kappa shape index (κ1) is 15.8. The van der Waals surface area contributed by atoms with Crippen molar-refractivity contribution in [2.24, 2.45) is 0 Å². The molecule has 0 bridgehead atoms. The van der Waals surface area contributed by atoms with Gasteiger partial charge in [-0.15, -0.1) is 0 Å². The van der Waals surface area contributed by atoms with Crippen molar-refractivity contribution < 1.29 is 26.9 Å². The number of benzene rings is 1. The minimum absolute atomic E-state index is 0.0347. The van der Waals surface area contributed by atoms with Crippen LogP contribution in [-0.2, 0) is 20.6 Å². The Hall–Kier alpha value is -1.28.